The van der Waals surface area contributed by atoms with E-state index >= 15 is 0 Å². The van der Waals surface area contributed by atoms with Gasteiger partial charge in [-0.15, -0.1) is 11.8 Å². The SMILES string of the molecule is N[C@@H]1C(=O)N2C(C(=O)[O-])=C(Cl)CS[C@@H]12.[Li+]. The van der Waals surface area contributed by atoms with Crippen LogP contribution in [0.25, 0.3) is 0 Å². The van der Waals surface area contributed by atoms with E-state index in [4.69, 9.17) is 17.3 Å². The fourth-order valence-corrected chi connectivity index (χ4v) is 2.96. The minimum absolute atomic E-state index is 0. The monoisotopic (exact) mass is 240 g/mol. The number of carboxylic acids is 1. The number of rotatable bonds is 1. The van der Waals surface area contributed by atoms with Crippen molar-refractivity contribution in [2.45, 2.75) is 11.4 Å². The van der Waals surface area contributed by atoms with Crippen LogP contribution in [0.3, 0.4) is 0 Å². The van der Waals surface area contributed by atoms with E-state index in [0.29, 0.717) is 5.75 Å². The van der Waals surface area contributed by atoms with Crippen molar-refractivity contribution < 1.29 is 33.6 Å². The van der Waals surface area contributed by atoms with E-state index < -0.39 is 17.9 Å². The molecule has 2 aliphatic heterocycles. The van der Waals surface area contributed by atoms with E-state index in [2.05, 4.69) is 0 Å². The molecular formula is C7H6ClLiN2O3S. The molecule has 2 atom stereocenters. The summed E-state index contributed by atoms with van der Waals surface area (Å²) < 4.78 is 0. The van der Waals surface area contributed by atoms with Crippen LogP contribution in [-0.2, 0) is 9.59 Å². The summed E-state index contributed by atoms with van der Waals surface area (Å²) in [5, 5.41) is 10.5. The van der Waals surface area contributed by atoms with Gasteiger partial charge in [-0.05, 0) is 0 Å². The van der Waals surface area contributed by atoms with E-state index in [1.54, 1.807) is 0 Å². The molecule has 0 saturated carbocycles. The van der Waals surface area contributed by atoms with E-state index in [-0.39, 0.29) is 35.0 Å². The number of nitrogens with zero attached hydrogens (tertiary/aromatic N) is 1. The zero-order valence-electron chi connectivity index (χ0n) is 7.90. The second kappa shape index (κ2) is 4.40. The number of amides is 1. The predicted octanol–water partition coefficient (Wildman–Crippen LogP) is -4.57. The smallest absolute Gasteiger partial charge is 0.543 e. The largest absolute Gasteiger partial charge is 1.00 e. The van der Waals surface area contributed by atoms with Gasteiger partial charge >= 0.3 is 18.9 Å². The molecule has 0 unspecified atom stereocenters. The number of aliphatic carboxylic acids is 1. The zero-order valence-corrected chi connectivity index (χ0v) is 9.47. The topological polar surface area (TPSA) is 86.5 Å². The van der Waals surface area contributed by atoms with Crippen molar-refractivity contribution >= 4 is 35.2 Å². The van der Waals surface area contributed by atoms with Crippen molar-refractivity contribution in [2.24, 2.45) is 5.73 Å². The molecule has 76 valence electrons. The first-order valence-electron chi connectivity index (χ1n) is 3.84. The second-order valence-electron chi connectivity index (χ2n) is 2.98. The van der Waals surface area contributed by atoms with Crippen LogP contribution in [0, 0.1) is 0 Å². The first kappa shape index (κ1) is 12.9. The number of carbonyl (C=O) groups is 2. The first-order valence-corrected chi connectivity index (χ1v) is 5.27. The molecular weight excluding hydrogens is 235 g/mol. The quantitative estimate of drug-likeness (QED) is 0.368. The Morgan fingerprint density at radius 2 is 2.27 bits per heavy atom. The molecule has 2 N–H and O–H groups in total. The molecule has 0 aromatic heterocycles. The third kappa shape index (κ3) is 1.81. The number of thioether (sulfide) groups is 1. The van der Waals surface area contributed by atoms with Crippen LogP contribution in [0.4, 0.5) is 0 Å². The molecule has 0 spiro atoms. The van der Waals surface area contributed by atoms with Gasteiger partial charge in [-0.2, -0.15) is 0 Å². The molecule has 0 aromatic carbocycles. The summed E-state index contributed by atoms with van der Waals surface area (Å²) in [4.78, 5) is 23.1. The van der Waals surface area contributed by atoms with Gasteiger partial charge in [0.2, 0.25) is 5.91 Å². The molecule has 1 amide bonds. The van der Waals surface area contributed by atoms with Gasteiger partial charge < -0.3 is 15.6 Å². The maximum absolute atomic E-state index is 11.3. The van der Waals surface area contributed by atoms with Crippen molar-refractivity contribution in [2.75, 3.05) is 5.75 Å². The fourth-order valence-electron chi connectivity index (χ4n) is 1.47. The molecule has 0 bridgehead atoms. The summed E-state index contributed by atoms with van der Waals surface area (Å²) in [6.07, 6.45) is 0. The standard InChI is InChI=1S/C7H7ClN2O3S.Li/c8-2-1-14-6-3(9)5(11)10(6)4(2)7(12)13;/h3,6H,1,9H2,(H,12,13);/q;+1/p-1/t3-,6+;/m1./s1. The van der Waals surface area contributed by atoms with E-state index in [9.17, 15) is 14.7 Å². The summed E-state index contributed by atoms with van der Waals surface area (Å²) >= 11 is 7.04. The minimum atomic E-state index is -1.43. The van der Waals surface area contributed by atoms with Crippen LogP contribution in [0.1, 0.15) is 0 Å². The second-order valence-corrected chi connectivity index (χ2v) is 4.54. The van der Waals surface area contributed by atoms with Crippen LogP contribution in [0.2, 0.25) is 0 Å². The summed E-state index contributed by atoms with van der Waals surface area (Å²) in [5.74, 6) is -1.49. The van der Waals surface area contributed by atoms with E-state index in [1.807, 2.05) is 0 Å². The summed E-state index contributed by atoms with van der Waals surface area (Å²) in [5.41, 5.74) is 5.26. The van der Waals surface area contributed by atoms with E-state index in [1.165, 1.54) is 11.8 Å². The molecule has 0 aromatic rings. The number of β-lactam (4-membered cyclic amide) rings is 1. The molecule has 15 heavy (non-hydrogen) atoms. The maximum atomic E-state index is 11.3. The van der Waals surface area contributed by atoms with Gasteiger partial charge in [0.25, 0.3) is 0 Å². The number of hydrogen-bond donors (Lipinski definition) is 1. The fraction of sp³-hybridized carbons (Fsp3) is 0.429. The van der Waals surface area contributed by atoms with Crippen molar-refractivity contribution in [1.82, 2.24) is 4.90 Å². The Kier molecular flexibility index (Phi) is 3.79. The Morgan fingerprint density at radius 1 is 1.67 bits per heavy atom. The van der Waals surface area contributed by atoms with E-state index in [0.717, 1.165) is 4.90 Å². The molecule has 1 fully saturated rings. The predicted molar refractivity (Wildman–Crippen MR) is 49.0 cm³/mol. The van der Waals surface area contributed by atoms with Crippen molar-refractivity contribution in [3.05, 3.63) is 10.7 Å². The van der Waals surface area contributed by atoms with Crippen molar-refractivity contribution in [3.8, 4) is 0 Å². The molecule has 5 nitrogen and oxygen atoms in total. The summed E-state index contributed by atoms with van der Waals surface area (Å²) in [6.45, 7) is 0. The minimum Gasteiger partial charge on any atom is -0.543 e. The van der Waals surface area contributed by atoms with Crippen LogP contribution < -0.4 is 29.7 Å². The molecule has 2 heterocycles. The molecule has 8 heteroatoms. The Hall–Kier alpha value is -0.123. The van der Waals surface area contributed by atoms with Gasteiger partial charge in [-0.25, -0.2) is 0 Å². The first-order chi connectivity index (χ1) is 6.54. The number of carboxylic acid groups (broad SMARTS) is 1. The van der Waals surface area contributed by atoms with Crippen LogP contribution in [0.5, 0.6) is 0 Å². The average molecular weight is 241 g/mol. The van der Waals surface area contributed by atoms with Crippen molar-refractivity contribution in [3.63, 3.8) is 0 Å². The number of carbonyl (C=O) groups excluding carboxylic acids is 2. The van der Waals surface area contributed by atoms with Gasteiger partial charge in [0.1, 0.15) is 11.4 Å². The Morgan fingerprint density at radius 3 is 2.80 bits per heavy atom. The van der Waals surface area contributed by atoms with Gasteiger partial charge in [0.15, 0.2) is 0 Å². The van der Waals surface area contributed by atoms with Gasteiger partial charge in [-0.3, -0.25) is 9.69 Å². The van der Waals surface area contributed by atoms with Crippen molar-refractivity contribution in [1.29, 1.82) is 0 Å². The zero-order chi connectivity index (χ0) is 10.5. The van der Waals surface area contributed by atoms with Crippen LogP contribution in [0.15, 0.2) is 10.7 Å². The molecule has 2 aliphatic rings. The number of fused-ring (bicyclic) bond motifs is 1. The Bertz CT molecular complexity index is 362. The number of nitrogens with two attached hydrogens (primary N) is 1. The van der Waals surface area contributed by atoms with Crippen LogP contribution >= 0.6 is 23.4 Å². The molecule has 2 rings (SSSR count). The summed E-state index contributed by atoms with van der Waals surface area (Å²) in [7, 11) is 0. The third-order valence-electron chi connectivity index (χ3n) is 2.16. The normalized spacial score (nSPS) is 29.2. The molecule has 1 saturated heterocycles. The van der Waals surface area contributed by atoms with Gasteiger partial charge in [-0.1, -0.05) is 11.6 Å². The van der Waals surface area contributed by atoms with Gasteiger partial charge in [0, 0.05) is 5.75 Å². The van der Waals surface area contributed by atoms with Gasteiger partial charge in [0.05, 0.1) is 16.7 Å². The molecule has 0 aliphatic carbocycles. The third-order valence-corrected chi connectivity index (χ3v) is 3.93. The summed E-state index contributed by atoms with van der Waals surface area (Å²) in [6, 6.07) is -0.626. The van der Waals surface area contributed by atoms with Crippen LogP contribution in [-0.4, -0.2) is 33.9 Å². The number of halogens is 1. The maximum Gasteiger partial charge on any atom is 1.00 e. The Balaban J connectivity index is 0.00000112. The molecule has 0 radical (unpaired) electrons. The average Bonchev–Trinajstić information content (AvgIpc) is 2.15. The Labute approximate surface area is 107 Å². The number of hydrogen-bond acceptors (Lipinski definition) is 5.